The minimum Gasteiger partial charge on any atom is -0.481 e. The largest absolute Gasteiger partial charge is 0.481 e. The maximum absolute atomic E-state index is 11.6. The summed E-state index contributed by atoms with van der Waals surface area (Å²) in [5, 5.41) is 8.71. The predicted molar refractivity (Wildman–Crippen MR) is 66.9 cm³/mol. The molecule has 0 atom stereocenters. The lowest BCUT2D eigenvalue weighted by molar-refractivity contribution is -0.137. The Labute approximate surface area is 108 Å². The van der Waals surface area contributed by atoms with Crippen molar-refractivity contribution in [3.05, 3.63) is 29.8 Å². The second-order valence-electron chi connectivity index (χ2n) is 3.98. The number of carboxylic acids is 1. The number of methoxy groups -OCH3 is 1. The van der Waals surface area contributed by atoms with E-state index in [1.54, 1.807) is 22.7 Å². The van der Waals surface area contributed by atoms with E-state index in [1.165, 1.54) is 7.11 Å². The molecule has 2 heterocycles. The molecule has 7 nitrogen and oxygen atoms in total. The lowest BCUT2D eigenvalue weighted by atomic mass is 10.3. The number of carbonyl (C=O) groups excluding carboxylic acids is 1. The monoisotopic (exact) mass is 263 g/mol. The van der Waals surface area contributed by atoms with Gasteiger partial charge < -0.3 is 20.0 Å². The van der Waals surface area contributed by atoms with Gasteiger partial charge in [-0.3, -0.25) is 4.79 Å². The quantitative estimate of drug-likeness (QED) is 0.787. The number of carbonyl (C=O) groups is 2. The average Bonchev–Trinajstić information content (AvgIpc) is 2.73. The van der Waals surface area contributed by atoms with Crippen molar-refractivity contribution in [3.8, 4) is 0 Å². The molecule has 3 N–H and O–H groups in total. The molecule has 0 aliphatic heterocycles. The summed E-state index contributed by atoms with van der Waals surface area (Å²) in [5.41, 5.74) is 6.88. The molecule has 2 aromatic heterocycles. The van der Waals surface area contributed by atoms with E-state index in [0.29, 0.717) is 17.0 Å². The Balaban J connectivity index is 2.53. The van der Waals surface area contributed by atoms with Gasteiger partial charge in [-0.05, 0) is 12.1 Å². The van der Waals surface area contributed by atoms with Gasteiger partial charge in [0.25, 0.3) is 0 Å². The zero-order valence-electron chi connectivity index (χ0n) is 10.3. The van der Waals surface area contributed by atoms with Gasteiger partial charge in [0.2, 0.25) is 0 Å². The third-order valence-electron chi connectivity index (χ3n) is 2.67. The average molecular weight is 263 g/mol. The topological polar surface area (TPSA) is 107 Å². The van der Waals surface area contributed by atoms with Crippen molar-refractivity contribution in [2.75, 3.05) is 12.8 Å². The number of nitrogens with zero attached hydrogens (tertiary/aromatic N) is 2. The molecule has 0 aliphatic rings. The molecule has 7 heteroatoms. The summed E-state index contributed by atoms with van der Waals surface area (Å²) in [5.74, 6) is -1.03. The first-order valence-electron chi connectivity index (χ1n) is 5.59. The fourth-order valence-electron chi connectivity index (χ4n) is 1.81. The minimum atomic E-state index is -0.930. The van der Waals surface area contributed by atoms with Crippen LogP contribution in [0.1, 0.15) is 22.7 Å². The first-order chi connectivity index (χ1) is 9.02. The fourth-order valence-corrected chi connectivity index (χ4v) is 1.81. The molecule has 2 rings (SSSR count). The molecule has 100 valence electrons. The summed E-state index contributed by atoms with van der Waals surface area (Å²) in [4.78, 5) is 26.4. The Morgan fingerprint density at radius 3 is 2.84 bits per heavy atom. The number of nitrogens with two attached hydrogens (primary N) is 1. The zero-order valence-corrected chi connectivity index (χ0v) is 10.3. The van der Waals surface area contributed by atoms with Gasteiger partial charge in [0, 0.05) is 18.3 Å². The summed E-state index contributed by atoms with van der Waals surface area (Å²) < 4.78 is 6.27. The SMILES string of the molecule is COC(=O)c1nc(CCC(=O)O)n2cc(N)ccc12. The van der Waals surface area contributed by atoms with Gasteiger partial charge in [0.15, 0.2) is 5.69 Å². The number of rotatable bonds is 4. The molecule has 2 aromatic rings. The number of aromatic nitrogens is 2. The van der Waals surface area contributed by atoms with Crippen LogP contribution in [0.5, 0.6) is 0 Å². The van der Waals surface area contributed by atoms with Crippen LogP contribution in [0, 0.1) is 0 Å². The number of ether oxygens (including phenoxy) is 1. The van der Waals surface area contributed by atoms with Gasteiger partial charge in [-0.2, -0.15) is 0 Å². The minimum absolute atomic E-state index is 0.0749. The van der Waals surface area contributed by atoms with Crippen molar-refractivity contribution in [2.24, 2.45) is 0 Å². The Bertz CT molecular complexity index is 648. The number of imidazole rings is 1. The standard InChI is InChI=1S/C12H13N3O4/c1-19-12(18)11-8-3-2-7(13)6-15(8)9(14-11)4-5-10(16)17/h2-3,6H,4-5,13H2,1H3,(H,16,17). The first-order valence-corrected chi connectivity index (χ1v) is 5.59. The number of pyridine rings is 1. The van der Waals surface area contributed by atoms with E-state index in [2.05, 4.69) is 9.72 Å². The number of esters is 1. The lowest BCUT2D eigenvalue weighted by Gasteiger charge is -2.01. The molecule has 0 saturated carbocycles. The Morgan fingerprint density at radius 1 is 1.47 bits per heavy atom. The van der Waals surface area contributed by atoms with Crippen LogP contribution < -0.4 is 5.73 Å². The van der Waals surface area contributed by atoms with Crippen LogP contribution in [0.4, 0.5) is 5.69 Å². The zero-order chi connectivity index (χ0) is 14.0. The molecule has 0 aromatic carbocycles. The number of hydrogen-bond acceptors (Lipinski definition) is 5. The Kier molecular flexibility index (Phi) is 3.37. The highest BCUT2D eigenvalue weighted by atomic mass is 16.5. The van der Waals surface area contributed by atoms with E-state index in [-0.39, 0.29) is 18.5 Å². The molecule has 0 fully saturated rings. The molecule has 0 aliphatic carbocycles. The number of hydrogen-bond donors (Lipinski definition) is 2. The second kappa shape index (κ2) is 4.97. The maximum Gasteiger partial charge on any atom is 0.358 e. The van der Waals surface area contributed by atoms with E-state index in [0.717, 1.165) is 0 Å². The van der Waals surface area contributed by atoms with E-state index in [1.807, 2.05) is 0 Å². The molecule has 0 spiro atoms. The van der Waals surface area contributed by atoms with Gasteiger partial charge in [-0.25, -0.2) is 9.78 Å². The van der Waals surface area contributed by atoms with Gasteiger partial charge >= 0.3 is 11.9 Å². The second-order valence-corrected chi connectivity index (χ2v) is 3.98. The fraction of sp³-hybridized carbons (Fsp3) is 0.250. The number of nitrogen functional groups attached to an aromatic ring is 1. The molecule has 0 unspecified atom stereocenters. The van der Waals surface area contributed by atoms with Crippen LogP contribution in [-0.4, -0.2) is 33.5 Å². The van der Waals surface area contributed by atoms with Gasteiger partial charge in [0.05, 0.1) is 19.0 Å². The number of carboxylic acid groups (broad SMARTS) is 1. The van der Waals surface area contributed by atoms with E-state index >= 15 is 0 Å². The van der Waals surface area contributed by atoms with Crippen molar-refractivity contribution in [3.63, 3.8) is 0 Å². The Hall–Kier alpha value is -2.57. The van der Waals surface area contributed by atoms with Gasteiger partial charge in [0.1, 0.15) is 5.82 Å². The lowest BCUT2D eigenvalue weighted by Crippen LogP contribution is -2.03. The van der Waals surface area contributed by atoms with Gasteiger partial charge in [-0.1, -0.05) is 0 Å². The first kappa shape index (κ1) is 12.9. The van der Waals surface area contributed by atoms with E-state index < -0.39 is 11.9 Å². The summed E-state index contributed by atoms with van der Waals surface area (Å²) in [7, 11) is 1.27. The highest BCUT2D eigenvalue weighted by Crippen LogP contribution is 2.17. The van der Waals surface area contributed by atoms with Crippen LogP contribution >= 0.6 is 0 Å². The highest BCUT2D eigenvalue weighted by molar-refractivity contribution is 5.95. The third kappa shape index (κ3) is 2.49. The maximum atomic E-state index is 11.6. The third-order valence-corrected chi connectivity index (χ3v) is 2.67. The molecule has 19 heavy (non-hydrogen) atoms. The number of aliphatic carboxylic acids is 1. The summed E-state index contributed by atoms with van der Waals surface area (Å²) in [6, 6.07) is 3.29. The molecular formula is C12H13N3O4. The molecular weight excluding hydrogens is 250 g/mol. The van der Waals surface area contributed by atoms with Crippen LogP contribution in [0.3, 0.4) is 0 Å². The van der Waals surface area contributed by atoms with Crippen molar-refractivity contribution in [1.29, 1.82) is 0 Å². The van der Waals surface area contributed by atoms with Crippen molar-refractivity contribution in [2.45, 2.75) is 12.8 Å². The number of fused-ring (bicyclic) bond motifs is 1. The summed E-state index contributed by atoms with van der Waals surface area (Å²) in [6.07, 6.45) is 1.73. The van der Waals surface area contributed by atoms with Crippen molar-refractivity contribution in [1.82, 2.24) is 9.38 Å². The summed E-state index contributed by atoms with van der Waals surface area (Å²) >= 11 is 0. The summed E-state index contributed by atoms with van der Waals surface area (Å²) in [6.45, 7) is 0. The Morgan fingerprint density at radius 2 is 2.21 bits per heavy atom. The molecule has 0 amide bonds. The normalized spacial score (nSPS) is 10.6. The number of aryl methyl sites for hydroxylation is 1. The number of anilines is 1. The highest BCUT2D eigenvalue weighted by Gasteiger charge is 2.18. The molecule has 0 saturated heterocycles. The molecule has 0 bridgehead atoms. The molecule has 0 radical (unpaired) electrons. The van der Waals surface area contributed by atoms with Crippen LogP contribution in [-0.2, 0) is 16.0 Å². The predicted octanol–water partition coefficient (Wildman–Crippen LogP) is 0.720. The van der Waals surface area contributed by atoms with Crippen LogP contribution in [0.2, 0.25) is 0 Å². The van der Waals surface area contributed by atoms with Crippen LogP contribution in [0.15, 0.2) is 18.3 Å². The van der Waals surface area contributed by atoms with Crippen molar-refractivity contribution >= 4 is 23.1 Å². The smallest absolute Gasteiger partial charge is 0.358 e. The van der Waals surface area contributed by atoms with Crippen molar-refractivity contribution < 1.29 is 19.4 Å². The van der Waals surface area contributed by atoms with E-state index in [9.17, 15) is 9.59 Å². The van der Waals surface area contributed by atoms with Crippen LogP contribution in [0.25, 0.3) is 5.52 Å². The van der Waals surface area contributed by atoms with E-state index in [4.69, 9.17) is 10.8 Å². The van der Waals surface area contributed by atoms with Gasteiger partial charge in [-0.15, -0.1) is 0 Å².